The van der Waals surface area contributed by atoms with E-state index in [1.807, 2.05) is 30.3 Å². The van der Waals surface area contributed by atoms with E-state index in [2.05, 4.69) is 52.0 Å². The summed E-state index contributed by atoms with van der Waals surface area (Å²) in [6.07, 6.45) is 3.61. The molecule has 0 radical (unpaired) electrons. The van der Waals surface area contributed by atoms with Crippen molar-refractivity contribution in [3.8, 4) is 0 Å². The molecule has 2 aromatic rings. The van der Waals surface area contributed by atoms with E-state index in [0.717, 1.165) is 5.56 Å². The average Bonchev–Trinajstić information content (AvgIpc) is 2.80. The number of aryl methyl sites for hydroxylation is 1. The van der Waals surface area contributed by atoms with Crippen molar-refractivity contribution in [3.63, 3.8) is 0 Å². The molecular formula is C27H40N2O5Si. The lowest BCUT2D eigenvalue weighted by atomic mass is 10.1. The summed E-state index contributed by atoms with van der Waals surface area (Å²) >= 11 is 0. The molecule has 0 bridgehead atoms. The molecule has 2 rings (SSSR count). The van der Waals surface area contributed by atoms with Crippen LogP contribution in [0.4, 0.5) is 0 Å². The first-order valence-corrected chi connectivity index (χ1v) is 14.8. The Bertz CT molecular complexity index is 1090. The third-order valence-electron chi connectivity index (χ3n) is 6.47. The number of aromatic amines is 1. The van der Waals surface area contributed by atoms with Crippen LogP contribution in [-0.2, 0) is 20.5 Å². The molecule has 192 valence electrons. The van der Waals surface area contributed by atoms with Gasteiger partial charge in [-0.05, 0) is 43.1 Å². The Hall–Kier alpha value is -2.52. The van der Waals surface area contributed by atoms with Crippen molar-refractivity contribution in [2.45, 2.75) is 77.3 Å². The van der Waals surface area contributed by atoms with Crippen LogP contribution >= 0.6 is 0 Å². The zero-order chi connectivity index (χ0) is 26.2. The van der Waals surface area contributed by atoms with Crippen LogP contribution < -0.4 is 11.2 Å². The van der Waals surface area contributed by atoms with Crippen molar-refractivity contribution in [2.24, 2.45) is 0 Å². The first-order valence-electron chi connectivity index (χ1n) is 11.9. The Balaban J connectivity index is 2.36. The van der Waals surface area contributed by atoms with Crippen LogP contribution in [0.15, 0.2) is 71.4 Å². The smallest absolute Gasteiger partial charge is 0.330 e. The second kappa shape index (κ2) is 12.4. The normalized spacial score (nSPS) is 14.8. The third kappa shape index (κ3) is 8.00. The van der Waals surface area contributed by atoms with Crippen LogP contribution in [0.25, 0.3) is 0 Å². The van der Waals surface area contributed by atoms with E-state index in [1.54, 1.807) is 13.0 Å². The van der Waals surface area contributed by atoms with Crippen molar-refractivity contribution in [1.29, 1.82) is 0 Å². The number of nitrogens with one attached hydrogen (secondary N) is 1. The van der Waals surface area contributed by atoms with Crippen molar-refractivity contribution in [3.05, 3.63) is 93.8 Å². The number of rotatable bonds is 13. The van der Waals surface area contributed by atoms with E-state index in [4.69, 9.17) is 13.9 Å². The highest BCUT2D eigenvalue weighted by Gasteiger charge is 2.39. The maximum absolute atomic E-state index is 12.5. The fourth-order valence-corrected chi connectivity index (χ4v) is 4.21. The van der Waals surface area contributed by atoms with E-state index < -0.39 is 31.9 Å². The topological polar surface area (TPSA) is 82.6 Å². The van der Waals surface area contributed by atoms with Crippen molar-refractivity contribution in [2.75, 3.05) is 6.61 Å². The van der Waals surface area contributed by atoms with Crippen LogP contribution in [0, 0.1) is 6.92 Å². The lowest BCUT2D eigenvalue weighted by Crippen LogP contribution is -2.46. The summed E-state index contributed by atoms with van der Waals surface area (Å²) in [5.41, 5.74) is 0.443. The highest BCUT2D eigenvalue weighted by molar-refractivity contribution is 6.74. The number of hydrogen-bond acceptors (Lipinski definition) is 5. The Morgan fingerprint density at radius 2 is 1.77 bits per heavy atom. The lowest BCUT2D eigenvalue weighted by molar-refractivity contribution is -0.128. The van der Waals surface area contributed by atoms with Gasteiger partial charge in [-0.15, -0.1) is 6.58 Å². The predicted molar refractivity (Wildman–Crippen MR) is 143 cm³/mol. The van der Waals surface area contributed by atoms with Gasteiger partial charge in [0.25, 0.3) is 5.56 Å². The van der Waals surface area contributed by atoms with Gasteiger partial charge >= 0.3 is 5.69 Å². The molecule has 1 aromatic heterocycles. The number of hydrogen-bond donors (Lipinski definition) is 1. The monoisotopic (exact) mass is 500 g/mol. The molecule has 0 fully saturated rings. The summed E-state index contributed by atoms with van der Waals surface area (Å²) < 4.78 is 20.6. The molecule has 1 heterocycles. The molecule has 0 aliphatic heterocycles. The molecule has 0 unspecified atom stereocenters. The molecule has 0 amide bonds. The van der Waals surface area contributed by atoms with Crippen LogP contribution in [0.1, 0.15) is 44.5 Å². The Labute approximate surface area is 209 Å². The van der Waals surface area contributed by atoms with Gasteiger partial charge in [-0.25, -0.2) is 4.79 Å². The molecule has 3 atom stereocenters. The standard InChI is InChI=1S/C27H40N2O5Si/c1-9-14-22(32-18-21-15-12-11-13-16-21)23(19-33-35(7,8)27(4,5)6)34-24(10-2)29-17-20(3)25(30)28-26(29)31/h9-13,15-17,22-24H,1-2,14,18-19H2,3-8H3,(H,28,30,31)/t22-,23+,24+/m0/s1. The SMILES string of the molecule is C=CC[C@H](OCc1ccccc1)[C@@H](CO[Si](C)(C)C(C)(C)C)O[C@H](C=C)n1cc(C)c(=O)[nH]c1=O. The molecule has 0 saturated carbocycles. The van der Waals surface area contributed by atoms with E-state index in [1.165, 1.54) is 16.8 Å². The van der Waals surface area contributed by atoms with E-state index in [0.29, 0.717) is 18.6 Å². The third-order valence-corrected chi connectivity index (χ3v) is 11.0. The van der Waals surface area contributed by atoms with Gasteiger partial charge in [-0.1, -0.05) is 63.8 Å². The highest BCUT2D eigenvalue weighted by atomic mass is 28.4. The van der Waals surface area contributed by atoms with Gasteiger partial charge in [0.15, 0.2) is 14.5 Å². The van der Waals surface area contributed by atoms with Gasteiger partial charge in [0.05, 0.1) is 19.3 Å². The number of nitrogens with zero attached hydrogens (tertiary/aromatic N) is 1. The van der Waals surface area contributed by atoms with Gasteiger partial charge in [0.2, 0.25) is 0 Å². The van der Waals surface area contributed by atoms with Gasteiger partial charge in [0, 0.05) is 11.8 Å². The quantitative estimate of drug-likeness (QED) is 0.306. The minimum absolute atomic E-state index is 0.0151. The lowest BCUT2D eigenvalue weighted by Gasteiger charge is -2.39. The summed E-state index contributed by atoms with van der Waals surface area (Å²) in [5.74, 6) is 0. The van der Waals surface area contributed by atoms with E-state index >= 15 is 0 Å². The van der Waals surface area contributed by atoms with Crippen LogP contribution in [0.3, 0.4) is 0 Å². The van der Waals surface area contributed by atoms with Crippen molar-refractivity contribution in [1.82, 2.24) is 9.55 Å². The van der Waals surface area contributed by atoms with Crippen molar-refractivity contribution >= 4 is 8.32 Å². The summed E-state index contributed by atoms with van der Waals surface area (Å²) in [6, 6.07) is 9.90. The number of ether oxygens (including phenoxy) is 2. The zero-order valence-corrected chi connectivity index (χ0v) is 22.9. The highest BCUT2D eigenvalue weighted by Crippen LogP contribution is 2.37. The van der Waals surface area contributed by atoms with Gasteiger partial charge in [0.1, 0.15) is 6.10 Å². The first kappa shape index (κ1) is 28.7. The fourth-order valence-electron chi connectivity index (χ4n) is 3.20. The summed E-state index contributed by atoms with van der Waals surface area (Å²) in [4.78, 5) is 26.7. The number of H-pyrrole nitrogens is 1. The minimum Gasteiger partial charge on any atom is -0.414 e. The summed E-state index contributed by atoms with van der Waals surface area (Å²) in [7, 11) is -2.09. The molecule has 8 heteroatoms. The first-order chi connectivity index (χ1) is 16.4. The molecule has 0 aliphatic carbocycles. The van der Waals surface area contributed by atoms with Gasteiger partial charge in [-0.2, -0.15) is 0 Å². The zero-order valence-electron chi connectivity index (χ0n) is 21.9. The van der Waals surface area contributed by atoms with Crippen molar-refractivity contribution < 1.29 is 13.9 Å². The van der Waals surface area contributed by atoms with E-state index in [9.17, 15) is 9.59 Å². The molecule has 0 aliphatic rings. The molecular weight excluding hydrogens is 460 g/mol. The van der Waals surface area contributed by atoms with Crippen LogP contribution in [0.5, 0.6) is 0 Å². The second-order valence-corrected chi connectivity index (χ2v) is 15.0. The largest absolute Gasteiger partial charge is 0.414 e. The van der Waals surface area contributed by atoms with Crippen LogP contribution in [0.2, 0.25) is 18.1 Å². The Morgan fingerprint density at radius 1 is 1.11 bits per heavy atom. The molecule has 1 aromatic carbocycles. The minimum atomic E-state index is -2.09. The van der Waals surface area contributed by atoms with Crippen LogP contribution in [-0.4, -0.2) is 36.7 Å². The average molecular weight is 501 g/mol. The maximum Gasteiger partial charge on any atom is 0.330 e. The maximum atomic E-state index is 12.5. The number of aromatic nitrogens is 2. The Morgan fingerprint density at radius 3 is 2.34 bits per heavy atom. The number of benzene rings is 1. The molecule has 35 heavy (non-hydrogen) atoms. The van der Waals surface area contributed by atoms with Gasteiger partial charge < -0.3 is 13.9 Å². The predicted octanol–water partition coefficient (Wildman–Crippen LogP) is 5.10. The molecule has 0 saturated heterocycles. The molecule has 0 spiro atoms. The fraction of sp³-hybridized carbons (Fsp3) is 0.481. The Kier molecular flexibility index (Phi) is 10.2. The second-order valence-electron chi connectivity index (χ2n) is 10.2. The summed E-state index contributed by atoms with van der Waals surface area (Å²) in [6.45, 7) is 21.0. The molecule has 1 N–H and O–H groups in total. The van der Waals surface area contributed by atoms with Gasteiger partial charge in [-0.3, -0.25) is 14.3 Å². The summed E-state index contributed by atoms with van der Waals surface area (Å²) in [5, 5.41) is 0.0151. The van der Waals surface area contributed by atoms with E-state index in [-0.39, 0.29) is 17.7 Å². The molecule has 7 nitrogen and oxygen atoms in total.